The molecule has 6 nitrogen and oxygen atoms in total. The summed E-state index contributed by atoms with van der Waals surface area (Å²) in [6.07, 6.45) is 3.37. The van der Waals surface area contributed by atoms with E-state index in [1.807, 2.05) is 6.20 Å². The Bertz CT molecular complexity index is 785. The zero-order valence-corrected chi connectivity index (χ0v) is 18.5. The number of benzene rings is 1. The second-order valence-electron chi connectivity index (χ2n) is 5.95. The lowest BCUT2D eigenvalue weighted by atomic mass is 10.1. The number of guanidine groups is 1. The predicted octanol–water partition coefficient (Wildman–Crippen LogP) is 3.03. The summed E-state index contributed by atoms with van der Waals surface area (Å²) in [4.78, 5) is 9.78. The summed E-state index contributed by atoms with van der Waals surface area (Å²) in [5, 5.41) is 7.62. The van der Waals surface area contributed by atoms with E-state index in [1.165, 1.54) is 17.0 Å². The number of aryl methyl sites for hydroxylation is 1. The van der Waals surface area contributed by atoms with Crippen molar-refractivity contribution in [3.8, 4) is 5.75 Å². The zero-order valence-electron chi connectivity index (χ0n) is 15.4. The number of fused-ring (bicyclic) bond motifs is 1. The highest BCUT2D eigenvalue weighted by Crippen LogP contribution is 2.29. The van der Waals surface area contributed by atoms with E-state index < -0.39 is 0 Å². The minimum absolute atomic E-state index is 0. The van der Waals surface area contributed by atoms with Gasteiger partial charge in [-0.25, -0.2) is 9.37 Å². The molecule has 2 aromatic rings. The third-order valence-corrected chi connectivity index (χ3v) is 4.94. The van der Waals surface area contributed by atoms with Crippen LogP contribution in [-0.2, 0) is 24.2 Å². The Kier molecular flexibility index (Phi) is 8.71. The lowest BCUT2D eigenvalue weighted by molar-refractivity contribution is -0.0172. The summed E-state index contributed by atoms with van der Waals surface area (Å²) in [5.74, 6) is 1.18. The Balaban J connectivity index is 0.00000261. The number of halogens is 2. The van der Waals surface area contributed by atoms with Crippen LogP contribution in [0, 0.1) is 12.7 Å². The SMILES string of the molecule is CN=C(NCCc1ncc(C)s1)NCCc1cc(F)cc2c1OCOC2.I. The molecule has 3 rings (SSSR count). The summed E-state index contributed by atoms with van der Waals surface area (Å²) >= 11 is 1.71. The molecule has 0 saturated heterocycles. The summed E-state index contributed by atoms with van der Waals surface area (Å²) in [7, 11) is 1.73. The third kappa shape index (κ3) is 6.28. The molecule has 1 aliphatic rings. The molecule has 0 spiro atoms. The second kappa shape index (κ2) is 10.8. The molecule has 27 heavy (non-hydrogen) atoms. The molecule has 0 radical (unpaired) electrons. The quantitative estimate of drug-likeness (QED) is 0.358. The van der Waals surface area contributed by atoms with Gasteiger partial charge in [0.2, 0.25) is 0 Å². The van der Waals surface area contributed by atoms with Crippen molar-refractivity contribution in [2.75, 3.05) is 26.9 Å². The van der Waals surface area contributed by atoms with Crippen molar-refractivity contribution >= 4 is 41.3 Å². The van der Waals surface area contributed by atoms with Gasteiger partial charge >= 0.3 is 0 Å². The van der Waals surface area contributed by atoms with Gasteiger partial charge in [0.05, 0.1) is 11.6 Å². The summed E-state index contributed by atoms with van der Waals surface area (Å²) in [5.41, 5.74) is 1.59. The first-order valence-electron chi connectivity index (χ1n) is 8.53. The van der Waals surface area contributed by atoms with Gasteiger partial charge in [-0.15, -0.1) is 35.3 Å². The van der Waals surface area contributed by atoms with Crippen LogP contribution in [0.25, 0.3) is 0 Å². The molecule has 0 amide bonds. The van der Waals surface area contributed by atoms with E-state index in [2.05, 4.69) is 27.5 Å². The molecular formula is C18H24FIN4O2S. The molecule has 148 valence electrons. The standard InChI is InChI=1S/C18H23FN4O2S.HI/c1-12-9-23-16(26-12)4-6-22-18(20-2)21-5-3-13-7-15(19)8-14-10-24-11-25-17(13)14;/h7-9H,3-6,10-11H2,1-2H3,(H2,20,21,22);1H. The summed E-state index contributed by atoms with van der Waals surface area (Å²) in [6.45, 7) is 4.01. The first-order valence-corrected chi connectivity index (χ1v) is 9.35. The molecule has 1 aromatic carbocycles. The van der Waals surface area contributed by atoms with Crippen molar-refractivity contribution < 1.29 is 13.9 Å². The molecule has 2 heterocycles. The number of rotatable bonds is 6. The Morgan fingerprint density at radius 3 is 2.78 bits per heavy atom. The second-order valence-corrected chi connectivity index (χ2v) is 7.27. The van der Waals surface area contributed by atoms with Gasteiger partial charge in [0, 0.05) is 43.2 Å². The van der Waals surface area contributed by atoms with Crippen LogP contribution in [0.5, 0.6) is 5.75 Å². The molecule has 0 atom stereocenters. The predicted molar refractivity (Wildman–Crippen MR) is 116 cm³/mol. The molecule has 0 saturated carbocycles. The number of hydrogen-bond acceptors (Lipinski definition) is 5. The minimum Gasteiger partial charge on any atom is -0.467 e. The molecule has 0 unspecified atom stereocenters. The zero-order chi connectivity index (χ0) is 18.4. The number of ether oxygens (including phenoxy) is 2. The van der Waals surface area contributed by atoms with Gasteiger partial charge in [0.15, 0.2) is 12.8 Å². The first kappa shape index (κ1) is 21.8. The molecule has 2 N–H and O–H groups in total. The van der Waals surface area contributed by atoms with Gasteiger partial charge in [0.25, 0.3) is 0 Å². The number of aromatic nitrogens is 1. The van der Waals surface area contributed by atoms with Crippen molar-refractivity contribution in [2.45, 2.75) is 26.4 Å². The number of nitrogens with one attached hydrogen (secondary N) is 2. The fourth-order valence-electron chi connectivity index (χ4n) is 2.78. The summed E-state index contributed by atoms with van der Waals surface area (Å²) in [6, 6.07) is 2.99. The van der Waals surface area contributed by atoms with Crippen LogP contribution < -0.4 is 15.4 Å². The first-order chi connectivity index (χ1) is 12.7. The van der Waals surface area contributed by atoms with Gasteiger partial charge in [-0.3, -0.25) is 4.99 Å². The lowest BCUT2D eigenvalue weighted by Crippen LogP contribution is -2.39. The maximum atomic E-state index is 13.8. The Labute approximate surface area is 179 Å². The van der Waals surface area contributed by atoms with E-state index in [4.69, 9.17) is 9.47 Å². The number of thiazole rings is 1. The summed E-state index contributed by atoms with van der Waals surface area (Å²) < 4.78 is 24.5. The van der Waals surface area contributed by atoms with E-state index >= 15 is 0 Å². The number of aliphatic imine (C=N–C) groups is 1. The van der Waals surface area contributed by atoms with Crippen molar-refractivity contribution in [1.29, 1.82) is 0 Å². The highest BCUT2D eigenvalue weighted by molar-refractivity contribution is 14.0. The normalized spacial score (nSPS) is 13.4. The van der Waals surface area contributed by atoms with E-state index in [1.54, 1.807) is 18.4 Å². The average molecular weight is 506 g/mol. The molecular weight excluding hydrogens is 482 g/mol. The van der Waals surface area contributed by atoms with Crippen LogP contribution in [0.1, 0.15) is 21.0 Å². The smallest absolute Gasteiger partial charge is 0.191 e. The highest BCUT2D eigenvalue weighted by Gasteiger charge is 2.16. The van der Waals surface area contributed by atoms with Crippen LogP contribution in [0.15, 0.2) is 23.3 Å². The maximum Gasteiger partial charge on any atom is 0.191 e. The lowest BCUT2D eigenvalue weighted by Gasteiger charge is -2.21. The molecule has 1 aromatic heterocycles. The van der Waals surface area contributed by atoms with E-state index in [-0.39, 0.29) is 36.6 Å². The van der Waals surface area contributed by atoms with Crippen molar-refractivity contribution in [3.63, 3.8) is 0 Å². The van der Waals surface area contributed by atoms with Gasteiger partial charge < -0.3 is 20.1 Å². The number of nitrogens with zero attached hydrogens (tertiary/aromatic N) is 2. The van der Waals surface area contributed by atoms with Crippen molar-refractivity contribution in [3.05, 3.63) is 45.2 Å². The van der Waals surface area contributed by atoms with Gasteiger partial charge in [0.1, 0.15) is 11.6 Å². The average Bonchev–Trinajstić information content (AvgIpc) is 3.05. The minimum atomic E-state index is -0.269. The molecule has 0 aliphatic carbocycles. The van der Waals surface area contributed by atoms with E-state index in [9.17, 15) is 4.39 Å². The molecule has 0 bridgehead atoms. The Morgan fingerprint density at radius 2 is 2.07 bits per heavy atom. The molecule has 1 aliphatic heterocycles. The third-order valence-electron chi connectivity index (χ3n) is 3.96. The topological polar surface area (TPSA) is 67.8 Å². The van der Waals surface area contributed by atoms with Gasteiger partial charge in [-0.1, -0.05) is 0 Å². The monoisotopic (exact) mass is 506 g/mol. The number of hydrogen-bond donors (Lipinski definition) is 2. The molecule has 0 fully saturated rings. The Hall–Kier alpha value is -1.46. The van der Waals surface area contributed by atoms with E-state index in [0.29, 0.717) is 25.5 Å². The van der Waals surface area contributed by atoms with Gasteiger partial charge in [-0.2, -0.15) is 0 Å². The Morgan fingerprint density at radius 1 is 1.30 bits per heavy atom. The van der Waals surface area contributed by atoms with Crippen LogP contribution in [-0.4, -0.2) is 37.9 Å². The highest BCUT2D eigenvalue weighted by atomic mass is 127. The van der Waals surface area contributed by atoms with Crippen molar-refractivity contribution in [2.24, 2.45) is 4.99 Å². The van der Waals surface area contributed by atoms with Crippen LogP contribution in [0.4, 0.5) is 4.39 Å². The van der Waals surface area contributed by atoms with Crippen molar-refractivity contribution in [1.82, 2.24) is 15.6 Å². The fourth-order valence-corrected chi connectivity index (χ4v) is 3.57. The van der Waals surface area contributed by atoms with Crippen LogP contribution in [0.3, 0.4) is 0 Å². The van der Waals surface area contributed by atoms with E-state index in [0.717, 1.165) is 34.8 Å². The van der Waals surface area contributed by atoms with Gasteiger partial charge in [-0.05, 0) is 31.0 Å². The maximum absolute atomic E-state index is 13.8. The largest absolute Gasteiger partial charge is 0.467 e. The van der Waals surface area contributed by atoms with Crippen LogP contribution in [0.2, 0.25) is 0 Å². The van der Waals surface area contributed by atoms with Crippen LogP contribution >= 0.6 is 35.3 Å². The molecule has 9 heteroatoms. The fraction of sp³-hybridized carbons (Fsp3) is 0.444.